The molecule has 134 valence electrons. The number of rotatable bonds is 2. The number of urea groups is 1. The number of carbonyl (C=O) groups excluding carboxylic acids is 2. The number of imidazole rings is 1. The van der Waals surface area contributed by atoms with Gasteiger partial charge in [-0.25, -0.2) is 19.1 Å². The van der Waals surface area contributed by atoms with Crippen molar-refractivity contribution in [2.75, 3.05) is 26.7 Å². The number of aryl methyl sites for hydroxylation is 1. The van der Waals surface area contributed by atoms with E-state index in [9.17, 15) is 9.59 Å². The number of fused-ring (bicyclic) bond motifs is 1. The summed E-state index contributed by atoms with van der Waals surface area (Å²) in [5, 5.41) is 8.16. The molecule has 0 aliphatic carbocycles. The zero-order valence-corrected chi connectivity index (χ0v) is 15.0. The predicted octanol–water partition coefficient (Wildman–Crippen LogP) is 1.23. The van der Waals surface area contributed by atoms with Crippen LogP contribution in [0.1, 0.15) is 23.5 Å². The highest BCUT2D eigenvalue weighted by atomic mass is 32.1. The summed E-state index contributed by atoms with van der Waals surface area (Å²) in [5.74, 6) is 0. The lowest BCUT2D eigenvalue weighted by molar-refractivity contribution is 0.00317. The highest BCUT2D eigenvalue weighted by Crippen LogP contribution is 2.31. The molecule has 0 aromatic carbocycles. The number of carbonyl (C=O) groups is 2. The molecule has 1 atom stereocenters. The highest BCUT2D eigenvalue weighted by Gasteiger charge is 2.47. The van der Waals surface area contributed by atoms with Crippen molar-refractivity contribution >= 4 is 28.4 Å². The molecule has 9 nitrogen and oxygen atoms in total. The Morgan fingerprint density at radius 1 is 1.48 bits per heavy atom. The SMILES string of the molecule is Cc1nn2cc(CNC(=O)N3CCC[C@]4(CN(C)C(=O)O4)C3)nc2s1. The summed E-state index contributed by atoms with van der Waals surface area (Å²) in [6.07, 6.45) is 3.11. The molecule has 0 unspecified atom stereocenters. The Labute approximate surface area is 148 Å². The van der Waals surface area contributed by atoms with Crippen LogP contribution in [0.5, 0.6) is 0 Å². The van der Waals surface area contributed by atoms with Crippen molar-refractivity contribution in [3.05, 3.63) is 16.9 Å². The van der Waals surface area contributed by atoms with Gasteiger partial charge in [0.25, 0.3) is 0 Å². The number of likely N-dealkylation sites (N-methyl/N-ethyl adjacent to an activating group) is 1. The van der Waals surface area contributed by atoms with Crippen LogP contribution in [0.3, 0.4) is 0 Å². The van der Waals surface area contributed by atoms with Crippen molar-refractivity contribution in [3.63, 3.8) is 0 Å². The van der Waals surface area contributed by atoms with Crippen molar-refractivity contribution in [3.8, 4) is 0 Å². The minimum Gasteiger partial charge on any atom is -0.439 e. The van der Waals surface area contributed by atoms with Crippen molar-refractivity contribution < 1.29 is 14.3 Å². The summed E-state index contributed by atoms with van der Waals surface area (Å²) in [6.45, 7) is 3.89. The first-order chi connectivity index (χ1) is 11.9. The average molecular weight is 364 g/mol. The summed E-state index contributed by atoms with van der Waals surface area (Å²) in [7, 11) is 1.72. The third-order valence-corrected chi connectivity index (χ3v) is 5.42. The molecule has 10 heteroatoms. The Bertz CT molecular complexity index is 801. The zero-order chi connectivity index (χ0) is 17.6. The quantitative estimate of drug-likeness (QED) is 0.865. The second-order valence-corrected chi connectivity index (χ2v) is 7.83. The van der Waals surface area contributed by atoms with E-state index in [-0.39, 0.29) is 12.1 Å². The monoisotopic (exact) mass is 364 g/mol. The van der Waals surface area contributed by atoms with Gasteiger partial charge in [0.1, 0.15) is 10.6 Å². The van der Waals surface area contributed by atoms with Gasteiger partial charge in [-0.1, -0.05) is 11.3 Å². The molecule has 1 spiro atoms. The maximum atomic E-state index is 12.5. The van der Waals surface area contributed by atoms with Crippen molar-refractivity contribution in [1.82, 2.24) is 29.7 Å². The Balaban J connectivity index is 1.37. The van der Waals surface area contributed by atoms with Crippen molar-refractivity contribution in [1.29, 1.82) is 0 Å². The summed E-state index contributed by atoms with van der Waals surface area (Å²) in [6, 6.07) is -0.162. The Morgan fingerprint density at radius 3 is 3.04 bits per heavy atom. The van der Waals surface area contributed by atoms with Gasteiger partial charge in [-0.3, -0.25) is 0 Å². The van der Waals surface area contributed by atoms with Gasteiger partial charge in [0, 0.05) is 13.6 Å². The number of aromatic nitrogens is 3. The molecule has 2 fully saturated rings. The Morgan fingerprint density at radius 2 is 2.32 bits per heavy atom. The topological polar surface area (TPSA) is 92.1 Å². The molecule has 3 amide bonds. The average Bonchev–Trinajstić information content (AvgIpc) is 3.16. The third-order valence-electron chi connectivity index (χ3n) is 4.58. The fraction of sp³-hybridized carbons (Fsp3) is 0.600. The maximum absolute atomic E-state index is 12.5. The van der Waals surface area contributed by atoms with E-state index in [0.717, 1.165) is 28.5 Å². The van der Waals surface area contributed by atoms with Gasteiger partial charge < -0.3 is 19.9 Å². The van der Waals surface area contributed by atoms with Gasteiger partial charge in [-0.2, -0.15) is 5.10 Å². The normalized spacial score (nSPS) is 23.5. The molecule has 2 aromatic heterocycles. The van der Waals surface area contributed by atoms with Gasteiger partial charge in [0.2, 0.25) is 4.96 Å². The lowest BCUT2D eigenvalue weighted by Gasteiger charge is -2.38. The summed E-state index contributed by atoms with van der Waals surface area (Å²) < 4.78 is 7.26. The molecule has 4 rings (SSSR count). The van der Waals surface area contributed by atoms with E-state index in [1.807, 2.05) is 13.1 Å². The van der Waals surface area contributed by atoms with E-state index >= 15 is 0 Å². The van der Waals surface area contributed by atoms with Crippen LogP contribution < -0.4 is 5.32 Å². The number of amides is 3. The molecule has 4 heterocycles. The van der Waals surface area contributed by atoms with Crippen LogP contribution in [-0.2, 0) is 11.3 Å². The smallest absolute Gasteiger partial charge is 0.410 e. The molecule has 2 aliphatic heterocycles. The number of hydrogen-bond donors (Lipinski definition) is 1. The first-order valence-electron chi connectivity index (χ1n) is 8.23. The summed E-state index contributed by atoms with van der Waals surface area (Å²) in [4.78, 5) is 32.7. The molecule has 0 radical (unpaired) electrons. The van der Waals surface area contributed by atoms with Gasteiger partial charge in [0.05, 0.1) is 31.5 Å². The van der Waals surface area contributed by atoms with Crippen LogP contribution in [0.25, 0.3) is 4.96 Å². The van der Waals surface area contributed by atoms with Crippen LogP contribution >= 0.6 is 11.3 Å². The van der Waals surface area contributed by atoms with E-state index in [1.54, 1.807) is 21.4 Å². The molecular weight excluding hydrogens is 344 g/mol. The minimum absolute atomic E-state index is 0.162. The second-order valence-electron chi connectivity index (χ2n) is 6.67. The highest BCUT2D eigenvalue weighted by molar-refractivity contribution is 7.16. The number of nitrogens with zero attached hydrogens (tertiary/aromatic N) is 5. The fourth-order valence-corrected chi connectivity index (χ4v) is 4.23. The molecule has 2 aromatic rings. The molecule has 2 aliphatic rings. The molecular formula is C15H20N6O3S. The number of piperidine rings is 1. The molecule has 2 saturated heterocycles. The van der Waals surface area contributed by atoms with Gasteiger partial charge in [0.15, 0.2) is 0 Å². The van der Waals surface area contributed by atoms with Crippen molar-refractivity contribution in [2.45, 2.75) is 31.9 Å². The zero-order valence-electron chi connectivity index (χ0n) is 14.2. The molecule has 0 saturated carbocycles. The lowest BCUT2D eigenvalue weighted by atomic mass is 9.93. The Kier molecular flexibility index (Phi) is 3.78. The first-order valence-corrected chi connectivity index (χ1v) is 9.04. The first kappa shape index (κ1) is 16.1. The van der Waals surface area contributed by atoms with E-state index in [4.69, 9.17) is 4.74 Å². The van der Waals surface area contributed by atoms with E-state index < -0.39 is 5.60 Å². The number of nitrogens with one attached hydrogen (secondary N) is 1. The van der Waals surface area contributed by atoms with E-state index in [1.165, 1.54) is 11.3 Å². The van der Waals surface area contributed by atoms with Crippen LogP contribution in [0.2, 0.25) is 0 Å². The van der Waals surface area contributed by atoms with Gasteiger partial charge in [-0.05, 0) is 19.8 Å². The van der Waals surface area contributed by atoms with Crippen LogP contribution in [0.15, 0.2) is 6.20 Å². The minimum atomic E-state index is -0.570. The fourth-order valence-electron chi connectivity index (χ4n) is 3.48. The molecule has 1 N–H and O–H groups in total. The number of hydrogen-bond acceptors (Lipinski definition) is 6. The third kappa shape index (κ3) is 3.01. The lowest BCUT2D eigenvalue weighted by Crippen LogP contribution is -2.54. The standard InChI is InChI=1S/C15H20N6O3S/c1-10-18-21-7-11(17-13(21)25-10)6-16-12(22)20-5-3-4-15(9-20)8-19(2)14(23)24-15/h7H,3-6,8-9H2,1-2H3,(H,16,22)/t15-/m0/s1. The predicted molar refractivity (Wildman–Crippen MR) is 90.5 cm³/mol. The molecule has 0 bridgehead atoms. The van der Waals surface area contributed by atoms with Gasteiger partial charge in [-0.15, -0.1) is 0 Å². The van der Waals surface area contributed by atoms with Gasteiger partial charge >= 0.3 is 12.1 Å². The van der Waals surface area contributed by atoms with Crippen LogP contribution in [0, 0.1) is 6.92 Å². The van der Waals surface area contributed by atoms with E-state index in [0.29, 0.717) is 26.2 Å². The van der Waals surface area contributed by atoms with E-state index in [2.05, 4.69) is 15.4 Å². The van der Waals surface area contributed by atoms with Crippen LogP contribution in [-0.4, -0.2) is 68.8 Å². The maximum Gasteiger partial charge on any atom is 0.410 e. The second kappa shape index (κ2) is 5.87. The number of likely N-dealkylation sites (tertiary alicyclic amines) is 1. The Hall–Kier alpha value is -2.36. The summed E-state index contributed by atoms with van der Waals surface area (Å²) in [5.41, 5.74) is 0.200. The largest absolute Gasteiger partial charge is 0.439 e. The van der Waals surface area contributed by atoms with Crippen molar-refractivity contribution in [2.24, 2.45) is 0 Å². The summed E-state index contributed by atoms with van der Waals surface area (Å²) >= 11 is 1.51. The molecule has 25 heavy (non-hydrogen) atoms. The van der Waals surface area contributed by atoms with Crippen LogP contribution in [0.4, 0.5) is 9.59 Å². The number of ether oxygens (including phenoxy) is 1.